The van der Waals surface area contributed by atoms with Crippen LogP contribution in [0.1, 0.15) is 64.5 Å². The number of nitrogens with two attached hydrogens (primary N) is 1. The van der Waals surface area contributed by atoms with Gasteiger partial charge in [0.05, 0.1) is 0 Å². The normalized spacial score (nSPS) is 18.5. The number of benzene rings is 2. The van der Waals surface area contributed by atoms with E-state index in [4.69, 9.17) is 5.73 Å². The Balaban J connectivity index is 1.31. The summed E-state index contributed by atoms with van der Waals surface area (Å²) >= 11 is 1.39. The van der Waals surface area contributed by atoms with Crippen LogP contribution in [0.2, 0.25) is 0 Å². The Morgan fingerprint density at radius 1 is 0.968 bits per heavy atom. The van der Waals surface area contributed by atoms with E-state index >= 15 is 0 Å². The van der Waals surface area contributed by atoms with Gasteiger partial charge in [0.2, 0.25) is 11.0 Å². The topological polar surface area (TPSA) is 98.0 Å². The van der Waals surface area contributed by atoms with Crippen molar-refractivity contribution in [1.82, 2.24) is 10.2 Å². The molecule has 0 bridgehead atoms. The number of rotatable bonds is 7. The van der Waals surface area contributed by atoms with Crippen LogP contribution < -0.4 is 11.1 Å². The summed E-state index contributed by atoms with van der Waals surface area (Å²) in [6.45, 7) is 0. The van der Waals surface area contributed by atoms with E-state index in [-0.39, 0.29) is 11.8 Å². The molecule has 3 aromatic rings. The lowest BCUT2D eigenvalue weighted by molar-refractivity contribution is -0.119. The molecule has 31 heavy (non-hydrogen) atoms. The fourth-order valence-electron chi connectivity index (χ4n) is 4.21. The summed E-state index contributed by atoms with van der Waals surface area (Å²) < 4.78 is 0. The maximum Gasteiger partial charge on any atom is 0.257 e. The first kappa shape index (κ1) is 21.2. The molecule has 0 atom stereocenters. The molecule has 2 aromatic carbocycles. The minimum atomic E-state index is -0.207. The van der Waals surface area contributed by atoms with Crippen molar-refractivity contribution < 1.29 is 9.59 Å². The number of primary amides is 1. The van der Waals surface area contributed by atoms with Crippen molar-refractivity contribution >= 4 is 28.3 Å². The van der Waals surface area contributed by atoms with Crippen LogP contribution in [-0.2, 0) is 11.2 Å². The molecule has 1 heterocycles. The summed E-state index contributed by atoms with van der Waals surface area (Å²) in [4.78, 5) is 23.7. The zero-order valence-electron chi connectivity index (χ0n) is 17.3. The highest BCUT2D eigenvalue weighted by Crippen LogP contribution is 2.37. The van der Waals surface area contributed by atoms with Crippen LogP contribution in [0, 0.1) is 5.92 Å². The highest BCUT2D eigenvalue weighted by Gasteiger charge is 2.23. The molecule has 7 heteroatoms. The number of hydrogen-bond acceptors (Lipinski definition) is 5. The maximum atomic E-state index is 12.6. The summed E-state index contributed by atoms with van der Waals surface area (Å²) in [5.41, 5.74) is 8.33. The monoisotopic (exact) mass is 434 g/mol. The number of nitrogens with zero attached hydrogens (tertiary/aromatic N) is 2. The van der Waals surface area contributed by atoms with Crippen molar-refractivity contribution in [3.8, 4) is 0 Å². The van der Waals surface area contributed by atoms with Gasteiger partial charge in [-0.3, -0.25) is 14.9 Å². The second kappa shape index (κ2) is 9.83. The van der Waals surface area contributed by atoms with Gasteiger partial charge >= 0.3 is 0 Å². The molecule has 0 radical (unpaired) electrons. The molecule has 1 saturated carbocycles. The van der Waals surface area contributed by atoms with Crippen LogP contribution in [0.4, 0.5) is 5.13 Å². The van der Waals surface area contributed by atoms with E-state index in [1.54, 1.807) is 0 Å². The van der Waals surface area contributed by atoms with Crippen LogP contribution in [-0.4, -0.2) is 22.0 Å². The maximum absolute atomic E-state index is 12.6. The number of hydrogen-bond donors (Lipinski definition) is 2. The molecule has 160 valence electrons. The Kier molecular flexibility index (Phi) is 6.72. The van der Waals surface area contributed by atoms with Crippen molar-refractivity contribution in [3.63, 3.8) is 0 Å². The van der Waals surface area contributed by atoms with E-state index in [0.29, 0.717) is 35.4 Å². The zero-order chi connectivity index (χ0) is 21.6. The number of anilines is 1. The van der Waals surface area contributed by atoms with Gasteiger partial charge in [0.15, 0.2) is 0 Å². The molecule has 0 aliphatic heterocycles. The minimum Gasteiger partial charge on any atom is -0.370 e. The van der Waals surface area contributed by atoms with Crippen LogP contribution >= 0.6 is 11.3 Å². The lowest BCUT2D eigenvalue weighted by Crippen LogP contribution is -2.20. The predicted octanol–water partition coefficient (Wildman–Crippen LogP) is 4.53. The van der Waals surface area contributed by atoms with Gasteiger partial charge in [0.25, 0.3) is 5.91 Å². The van der Waals surface area contributed by atoms with E-state index in [9.17, 15) is 9.59 Å². The first-order valence-corrected chi connectivity index (χ1v) is 11.4. The van der Waals surface area contributed by atoms with Gasteiger partial charge in [-0.1, -0.05) is 53.8 Å². The molecule has 2 amide bonds. The summed E-state index contributed by atoms with van der Waals surface area (Å²) in [5.74, 6) is 0.503. The van der Waals surface area contributed by atoms with Crippen LogP contribution in [0.15, 0.2) is 54.6 Å². The molecule has 0 saturated heterocycles. The number of aromatic nitrogens is 2. The van der Waals surface area contributed by atoms with Gasteiger partial charge in [0.1, 0.15) is 5.01 Å². The Labute approximate surface area is 185 Å². The third-order valence-electron chi connectivity index (χ3n) is 5.87. The van der Waals surface area contributed by atoms with Crippen LogP contribution in [0.5, 0.6) is 0 Å². The molecule has 1 fully saturated rings. The van der Waals surface area contributed by atoms with Gasteiger partial charge in [-0.15, -0.1) is 10.2 Å². The zero-order valence-corrected chi connectivity index (χ0v) is 18.1. The first-order chi connectivity index (χ1) is 15.1. The highest BCUT2D eigenvalue weighted by atomic mass is 32.1. The summed E-state index contributed by atoms with van der Waals surface area (Å²) in [6.07, 6.45) is 5.35. The van der Waals surface area contributed by atoms with Gasteiger partial charge < -0.3 is 5.73 Å². The minimum absolute atomic E-state index is 0.181. The van der Waals surface area contributed by atoms with E-state index < -0.39 is 0 Å². The molecular formula is C24H26N4O2S. The number of nitrogens with one attached hydrogen (secondary N) is 1. The van der Waals surface area contributed by atoms with Gasteiger partial charge in [0, 0.05) is 18.4 Å². The molecule has 0 spiro atoms. The SMILES string of the molecule is NC(=O)C[C@H]1CC[C@H](c2ccc(C(=O)Nc3nnc(Cc4ccccc4)s3)cc2)CC1. The molecular weight excluding hydrogens is 408 g/mol. The summed E-state index contributed by atoms with van der Waals surface area (Å²) in [6, 6.07) is 17.9. The molecule has 1 aliphatic rings. The average Bonchev–Trinajstić information content (AvgIpc) is 3.21. The lowest BCUT2D eigenvalue weighted by atomic mass is 9.77. The van der Waals surface area contributed by atoms with E-state index in [0.717, 1.165) is 36.3 Å². The third-order valence-corrected chi connectivity index (χ3v) is 6.71. The second-order valence-electron chi connectivity index (χ2n) is 8.13. The fraction of sp³-hybridized carbons (Fsp3) is 0.333. The van der Waals surface area contributed by atoms with E-state index in [1.807, 2.05) is 54.6 Å². The van der Waals surface area contributed by atoms with Crippen molar-refractivity contribution in [1.29, 1.82) is 0 Å². The number of amides is 2. The van der Waals surface area contributed by atoms with Gasteiger partial charge in [-0.2, -0.15) is 0 Å². The van der Waals surface area contributed by atoms with Crippen LogP contribution in [0.3, 0.4) is 0 Å². The van der Waals surface area contributed by atoms with Crippen molar-refractivity contribution in [3.05, 3.63) is 76.3 Å². The summed E-state index contributed by atoms with van der Waals surface area (Å²) in [5, 5.41) is 12.5. The predicted molar refractivity (Wildman–Crippen MR) is 122 cm³/mol. The lowest BCUT2D eigenvalue weighted by Gasteiger charge is -2.28. The Bertz CT molecular complexity index is 1030. The molecule has 0 unspecified atom stereocenters. The Morgan fingerprint density at radius 3 is 2.35 bits per heavy atom. The number of carbonyl (C=O) groups excluding carboxylic acids is 2. The molecule has 6 nitrogen and oxygen atoms in total. The largest absolute Gasteiger partial charge is 0.370 e. The quantitative estimate of drug-likeness (QED) is 0.571. The van der Waals surface area contributed by atoms with Crippen LogP contribution in [0.25, 0.3) is 0 Å². The average molecular weight is 435 g/mol. The van der Waals surface area contributed by atoms with Crippen molar-refractivity contribution in [2.75, 3.05) is 5.32 Å². The smallest absolute Gasteiger partial charge is 0.257 e. The van der Waals surface area contributed by atoms with Crippen molar-refractivity contribution in [2.24, 2.45) is 11.7 Å². The molecule has 1 aromatic heterocycles. The first-order valence-electron chi connectivity index (χ1n) is 10.6. The van der Waals surface area contributed by atoms with Gasteiger partial charge in [-0.05, 0) is 60.8 Å². The Morgan fingerprint density at radius 2 is 1.68 bits per heavy atom. The second-order valence-corrected chi connectivity index (χ2v) is 9.19. The molecule has 3 N–H and O–H groups in total. The van der Waals surface area contributed by atoms with E-state index in [1.165, 1.54) is 16.9 Å². The fourth-order valence-corrected chi connectivity index (χ4v) is 4.98. The molecule has 1 aliphatic carbocycles. The van der Waals surface area contributed by atoms with Gasteiger partial charge in [-0.25, -0.2) is 0 Å². The highest BCUT2D eigenvalue weighted by molar-refractivity contribution is 7.15. The van der Waals surface area contributed by atoms with Crippen molar-refractivity contribution in [2.45, 2.75) is 44.4 Å². The third kappa shape index (κ3) is 5.76. The standard InChI is InChI=1S/C24H26N4O2S/c25-21(29)14-17-6-8-18(9-7-17)19-10-12-20(13-11-19)23(30)26-24-28-27-22(31-24)15-16-4-2-1-3-5-16/h1-5,10-13,17-18H,6-9,14-15H2,(H2,25,29)(H,26,28,30)/t17-,18-. The molecule has 4 rings (SSSR count). The Hall–Kier alpha value is -3.06. The van der Waals surface area contributed by atoms with E-state index in [2.05, 4.69) is 15.5 Å². The summed E-state index contributed by atoms with van der Waals surface area (Å²) in [7, 11) is 0. The number of carbonyl (C=O) groups is 2.